The molecule has 5 rings (SSSR count). The van der Waals surface area contributed by atoms with Crippen LogP contribution in [0.2, 0.25) is 0 Å². The van der Waals surface area contributed by atoms with Crippen LogP contribution in [-0.4, -0.2) is 49.5 Å². The predicted molar refractivity (Wildman–Crippen MR) is 103 cm³/mol. The van der Waals surface area contributed by atoms with Crippen molar-refractivity contribution < 1.29 is 14.7 Å². The summed E-state index contributed by atoms with van der Waals surface area (Å²) in [7, 11) is 1.76. The zero-order chi connectivity index (χ0) is 19.3. The summed E-state index contributed by atoms with van der Waals surface area (Å²) in [5.41, 5.74) is 3.20. The Morgan fingerprint density at radius 2 is 1.96 bits per heavy atom. The molecule has 28 heavy (non-hydrogen) atoms. The average molecular weight is 376 g/mol. The van der Waals surface area contributed by atoms with Gasteiger partial charge in [0, 0.05) is 30.8 Å². The van der Waals surface area contributed by atoms with Gasteiger partial charge in [0.1, 0.15) is 11.9 Å². The summed E-state index contributed by atoms with van der Waals surface area (Å²) in [4.78, 5) is 5.84. The van der Waals surface area contributed by atoms with Gasteiger partial charge in [-0.05, 0) is 36.4 Å². The molecule has 3 aromatic heterocycles. The Kier molecular flexibility index (Phi) is 3.83. The maximum absolute atomic E-state index is 10.8. The van der Waals surface area contributed by atoms with Crippen LogP contribution >= 0.6 is 0 Å². The van der Waals surface area contributed by atoms with Gasteiger partial charge in [-0.15, -0.1) is 0 Å². The van der Waals surface area contributed by atoms with Gasteiger partial charge in [0.15, 0.2) is 11.4 Å². The maximum atomic E-state index is 10.8. The number of benzene rings is 1. The van der Waals surface area contributed by atoms with E-state index in [2.05, 4.69) is 16.2 Å². The predicted octanol–water partition coefficient (Wildman–Crippen LogP) is 2.50. The van der Waals surface area contributed by atoms with Crippen molar-refractivity contribution in [3.63, 3.8) is 0 Å². The minimum Gasteiger partial charge on any atom is -0.378 e. The first-order valence-electron chi connectivity index (χ1n) is 9.15. The molecule has 0 saturated carbocycles. The van der Waals surface area contributed by atoms with Gasteiger partial charge in [0.2, 0.25) is 0 Å². The van der Waals surface area contributed by atoms with Gasteiger partial charge < -0.3 is 19.1 Å². The first-order valence-corrected chi connectivity index (χ1v) is 9.15. The number of fused-ring (bicyclic) bond motifs is 1. The van der Waals surface area contributed by atoms with Crippen molar-refractivity contribution in [1.82, 2.24) is 19.4 Å². The van der Waals surface area contributed by atoms with E-state index in [4.69, 9.17) is 4.52 Å². The molecule has 1 saturated heterocycles. The summed E-state index contributed by atoms with van der Waals surface area (Å²) in [6, 6.07) is 13.8. The van der Waals surface area contributed by atoms with Crippen molar-refractivity contribution in [2.45, 2.75) is 18.2 Å². The lowest BCUT2D eigenvalue weighted by Crippen LogP contribution is -2.40. The highest BCUT2D eigenvalue weighted by Gasteiger charge is 2.48. The molecular formula is C21H20N4O3. The molecular weight excluding hydrogens is 356 g/mol. The lowest BCUT2D eigenvalue weighted by atomic mass is 9.96. The Labute approximate surface area is 161 Å². The molecule has 0 bridgehead atoms. The molecule has 4 heterocycles. The molecule has 4 aromatic rings. The number of rotatable bonds is 3. The maximum Gasteiger partial charge on any atom is 0.173 e. The molecule has 7 nitrogen and oxygen atoms in total. The number of aliphatic hydroxyl groups excluding tert-OH is 1. The number of hydrogen-bond donors (Lipinski definition) is 2. The molecule has 0 aliphatic carbocycles. The number of hydrogen-bond acceptors (Lipinski definition) is 6. The summed E-state index contributed by atoms with van der Waals surface area (Å²) in [5.74, 6) is 0.283. The molecule has 1 aliphatic rings. The van der Waals surface area contributed by atoms with Crippen LogP contribution in [0.15, 0.2) is 65.7 Å². The summed E-state index contributed by atoms with van der Waals surface area (Å²) >= 11 is 0. The minimum atomic E-state index is -1.44. The monoisotopic (exact) mass is 376 g/mol. The lowest BCUT2D eigenvalue weighted by molar-refractivity contribution is -0.116. The third-order valence-electron chi connectivity index (χ3n) is 5.53. The van der Waals surface area contributed by atoms with E-state index in [1.54, 1.807) is 24.3 Å². The van der Waals surface area contributed by atoms with Gasteiger partial charge in [-0.25, -0.2) is 4.98 Å². The Morgan fingerprint density at radius 1 is 1.14 bits per heavy atom. The quantitative estimate of drug-likeness (QED) is 0.571. The van der Waals surface area contributed by atoms with Gasteiger partial charge in [-0.1, -0.05) is 23.4 Å². The molecule has 7 heteroatoms. The van der Waals surface area contributed by atoms with Crippen LogP contribution in [0, 0.1) is 0 Å². The zero-order valence-corrected chi connectivity index (χ0v) is 15.4. The number of likely N-dealkylation sites (tertiary alicyclic amines) is 1. The van der Waals surface area contributed by atoms with E-state index >= 15 is 0 Å². The van der Waals surface area contributed by atoms with Crippen LogP contribution in [0.5, 0.6) is 0 Å². The van der Waals surface area contributed by atoms with Crippen LogP contribution < -0.4 is 0 Å². The number of nitrogens with zero attached hydrogens (tertiary/aromatic N) is 4. The first kappa shape index (κ1) is 17.1. The Morgan fingerprint density at radius 3 is 2.79 bits per heavy atom. The van der Waals surface area contributed by atoms with E-state index in [0.29, 0.717) is 18.7 Å². The van der Waals surface area contributed by atoms with E-state index in [9.17, 15) is 10.2 Å². The fourth-order valence-electron chi connectivity index (χ4n) is 3.79. The van der Waals surface area contributed by atoms with Crippen molar-refractivity contribution in [1.29, 1.82) is 0 Å². The van der Waals surface area contributed by atoms with Crippen LogP contribution in [0.1, 0.15) is 12.2 Å². The van der Waals surface area contributed by atoms with E-state index < -0.39 is 11.8 Å². The summed E-state index contributed by atoms with van der Waals surface area (Å²) < 4.78 is 7.38. The normalized spacial score (nSPS) is 22.9. The summed E-state index contributed by atoms with van der Waals surface area (Å²) in [6.45, 7) is 0.584. The molecule has 0 radical (unpaired) electrons. The van der Waals surface area contributed by atoms with Crippen LogP contribution in [0.25, 0.3) is 27.9 Å². The molecule has 1 aromatic carbocycles. The Hall–Kier alpha value is -3.00. The minimum absolute atomic E-state index is 0.283. The molecule has 2 atom stereocenters. The van der Waals surface area contributed by atoms with Crippen LogP contribution in [-0.2, 0) is 5.60 Å². The average Bonchev–Trinajstić information content (AvgIpc) is 3.45. The third-order valence-corrected chi connectivity index (χ3v) is 5.53. The number of imidazole rings is 1. The Balaban J connectivity index is 1.49. The second kappa shape index (κ2) is 6.27. The molecule has 1 fully saturated rings. The zero-order valence-electron chi connectivity index (χ0n) is 15.4. The number of aromatic nitrogens is 3. The standard InChI is InChI=1S/C21H20N4O3/c1-24-8-6-21(27,20(24)26)19-11-18(23-28-19)16-4-2-3-14(9-16)15-5-7-25-13-22-12-17(25)10-15/h2-5,7,9-13,20,26-27H,6,8H2,1H3. The van der Waals surface area contributed by atoms with Gasteiger partial charge in [0.25, 0.3) is 0 Å². The van der Waals surface area contributed by atoms with Gasteiger partial charge >= 0.3 is 0 Å². The molecule has 2 unspecified atom stereocenters. The number of pyridine rings is 1. The lowest BCUT2D eigenvalue weighted by Gasteiger charge is -2.25. The largest absolute Gasteiger partial charge is 0.378 e. The van der Waals surface area contributed by atoms with Crippen molar-refractivity contribution in [3.05, 3.63) is 66.9 Å². The fraction of sp³-hybridized carbons (Fsp3) is 0.238. The van der Waals surface area contributed by atoms with Crippen molar-refractivity contribution >= 4 is 5.52 Å². The topological polar surface area (TPSA) is 87.0 Å². The molecule has 142 valence electrons. The highest BCUT2D eigenvalue weighted by molar-refractivity contribution is 5.73. The van der Waals surface area contributed by atoms with E-state index in [0.717, 1.165) is 22.2 Å². The van der Waals surface area contributed by atoms with E-state index in [-0.39, 0.29) is 5.76 Å². The van der Waals surface area contributed by atoms with Crippen molar-refractivity contribution in [3.8, 4) is 22.4 Å². The summed E-state index contributed by atoms with van der Waals surface area (Å²) in [6.07, 6.45) is 4.95. The van der Waals surface area contributed by atoms with Crippen molar-refractivity contribution in [2.24, 2.45) is 0 Å². The SMILES string of the molecule is CN1CCC(O)(c2cc(-c3cccc(-c4ccn5cncc5c4)c3)no2)C1O. The second-order valence-corrected chi connectivity index (χ2v) is 7.33. The van der Waals surface area contributed by atoms with Gasteiger partial charge in [-0.3, -0.25) is 4.90 Å². The van der Waals surface area contributed by atoms with E-state index in [1.807, 2.05) is 47.1 Å². The molecule has 2 N–H and O–H groups in total. The summed E-state index contributed by atoms with van der Waals surface area (Å²) in [5, 5.41) is 25.3. The van der Waals surface area contributed by atoms with Gasteiger partial charge in [0.05, 0.1) is 18.0 Å². The Bertz CT molecular complexity index is 1150. The highest BCUT2D eigenvalue weighted by Crippen LogP contribution is 2.37. The van der Waals surface area contributed by atoms with Crippen molar-refractivity contribution in [2.75, 3.05) is 13.6 Å². The van der Waals surface area contributed by atoms with E-state index in [1.165, 1.54) is 0 Å². The first-order chi connectivity index (χ1) is 13.5. The van der Waals surface area contributed by atoms with Crippen LogP contribution in [0.3, 0.4) is 0 Å². The molecule has 1 aliphatic heterocycles. The third kappa shape index (κ3) is 2.63. The highest BCUT2D eigenvalue weighted by atomic mass is 16.5. The van der Waals surface area contributed by atoms with Gasteiger partial charge in [-0.2, -0.15) is 0 Å². The molecule has 0 spiro atoms. The molecule has 0 amide bonds. The van der Waals surface area contributed by atoms with Crippen LogP contribution in [0.4, 0.5) is 0 Å². The number of aliphatic hydroxyl groups is 2. The fourth-order valence-corrected chi connectivity index (χ4v) is 3.79. The second-order valence-electron chi connectivity index (χ2n) is 7.33. The smallest absolute Gasteiger partial charge is 0.173 e. The number of likely N-dealkylation sites (N-methyl/N-ethyl adjacent to an activating group) is 1.